The third kappa shape index (κ3) is 3.39. The first kappa shape index (κ1) is 20.8. The van der Waals surface area contributed by atoms with Gasteiger partial charge < -0.3 is 4.18 Å². The Bertz CT molecular complexity index is 784. The van der Waals surface area contributed by atoms with Gasteiger partial charge in [0.05, 0.1) is 5.57 Å². The second kappa shape index (κ2) is 6.93. The number of ketones is 1. The first-order chi connectivity index (χ1) is 11.8. The van der Waals surface area contributed by atoms with Gasteiger partial charge in [-0.25, -0.2) is 4.31 Å². The summed E-state index contributed by atoms with van der Waals surface area (Å²) in [4.78, 5) is 12.7. The molecule has 0 bridgehead atoms. The fourth-order valence-corrected chi connectivity index (χ4v) is 3.78. The Balaban J connectivity index is 2.80. The van der Waals surface area contributed by atoms with Crippen LogP contribution < -0.4 is 0 Å². The van der Waals surface area contributed by atoms with E-state index in [1.54, 1.807) is 18.4 Å². The number of hydrogen-bond acceptors (Lipinski definition) is 4. The van der Waals surface area contributed by atoms with Gasteiger partial charge in [-0.15, -0.1) is 0 Å². The van der Waals surface area contributed by atoms with E-state index >= 15 is 0 Å². The van der Waals surface area contributed by atoms with Crippen LogP contribution in [-0.2, 0) is 8.98 Å². The van der Waals surface area contributed by atoms with Gasteiger partial charge in [0.25, 0.3) is 0 Å². The third-order valence-electron chi connectivity index (χ3n) is 5.02. The van der Waals surface area contributed by atoms with Crippen LogP contribution in [0.25, 0.3) is 5.57 Å². The van der Waals surface area contributed by atoms with Crippen molar-refractivity contribution in [2.75, 3.05) is 14.1 Å². The number of carbonyl (C=O) groups excluding carboxylic acids is 1. The predicted molar refractivity (Wildman–Crippen MR) is 98.5 cm³/mol. The highest BCUT2D eigenvalue weighted by atomic mass is 32.2. The molecule has 1 unspecified atom stereocenters. The molecule has 7 heteroatoms. The summed E-state index contributed by atoms with van der Waals surface area (Å²) in [5.74, 6) is -0.836. The van der Waals surface area contributed by atoms with E-state index in [-0.39, 0.29) is 11.3 Å². The topological polar surface area (TPSA) is 29.5 Å². The number of aryl methyl sites for hydroxylation is 2. The summed E-state index contributed by atoms with van der Waals surface area (Å²) in [6.07, 6.45) is -5.23. The van der Waals surface area contributed by atoms with Crippen molar-refractivity contribution in [2.45, 2.75) is 47.2 Å². The van der Waals surface area contributed by atoms with Gasteiger partial charge in [0, 0.05) is 20.5 Å². The third-order valence-corrected chi connectivity index (χ3v) is 5.56. The predicted octanol–water partition coefficient (Wildman–Crippen LogP) is 5.31. The van der Waals surface area contributed by atoms with Gasteiger partial charge in [0.2, 0.25) is 0 Å². The molecule has 0 heterocycles. The van der Waals surface area contributed by atoms with Gasteiger partial charge in [-0.05, 0) is 62.4 Å². The lowest BCUT2D eigenvalue weighted by atomic mass is 9.86. The SMILES string of the molecule is Cc1cc(C)c(C2=C(OSN(C)C)C(C)(C(F)(F)F)CC2=O)c(C)c1C. The standard InChI is InChI=1S/C19H24F3NO2S/c1-10-8-11(2)15(13(4)12(10)3)16-14(24)9-18(5,19(20,21)22)17(16)25-26-23(6)7/h8H,9H2,1-7H3. The van der Waals surface area contributed by atoms with Gasteiger partial charge in [-0.2, -0.15) is 13.2 Å². The highest BCUT2D eigenvalue weighted by Gasteiger charge is 2.61. The normalized spacial score (nSPS) is 21.1. The van der Waals surface area contributed by atoms with Crippen molar-refractivity contribution in [1.82, 2.24) is 4.31 Å². The summed E-state index contributed by atoms with van der Waals surface area (Å²) in [6, 6.07) is 1.90. The van der Waals surface area contributed by atoms with Crippen LogP contribution in [0.1, 0.15) is 41.2 Å². The van der Waals surface area contributed by atoms with Crippen LogP contribution in [0.5, 0.6) is 0 Å². The molecule has 2 rings (SSSR count). The Morgan fingerprint density at radius 3 is 2.19 bits per heavy atom. The van der Waals surface area contributed by atoms with Crippen LogP contribution in [0.15, 0.2) is 11.8 Å². The summed E-state index contributed by atoms with van der Waals surface area (Å²) in [5, 5.41) is 0. The number of carbonyl (C=O) groups is 1. The second-order valence-electron chi connectivity index (χ2n) is 7.24. The largest absolute Gasteiger partial charge is 0.412 e. The molecule has 26 heavy (non-hydrogen) atoms. The molecule has 3 nitrogen and oxygen atoms in total. The van der Waals surface area contributed by atoms with Crippen molar-refractivity contribution in [3.63, 3.8) is 0 Å². The van der Waals surface area contributed by atoms with E-state index in [0.29, 0.717) is 5.56 Å². The average molecular weight is 387 g/mol. The van der Waals surface area contributed by atoms with Crippen LogP contribution in [0.3, 0.4) is 0 Å². The zero-order valence-electron chi connectivity index (χ0n) is 16.1. The zero-order chi connectivity index (χ0) is 20.0. The lowest BCUT2D eigenvalue weighted by molar-refractivity contribution is -0.209. The van der Waals surface area contributed by atoms with E-state index < -0.39 is 23.8 Å². The lowest BCUT2D eigenvalue weighted by Crippen LogP contribution is -2.36. The van der Waals surface area contributed by atoms with E-state index in [1.807, 2.05) is 33.8 Å². The van der Waals surface area contributed by atoms with E-state index in [4.69, 9.17) is 4.18 Å². The lowest BCUT2D eigenvalue weighted by Gasteiger charge is -2.29. The smallest absolute Gasteiger partial charge is 0.401 e. The highest BCUT2D eigenvalue weighted by molar-refractivity contribution is 7.92. The van der Waals surface area contributed by atoms with Crippen molar-refractivity contribution in [1.29, 1.82) is 0 Å². The fraction of sp³-hybridized carbons (Fsp3) is 0.526. The molecule has 1 atom stereocenters. The maximum Gasteiger partial charge on any atom is 0.401 e. The second-order valence-corrected chi connectivity index (χ2v) is 8.29. The Kier molecular flexibility index (Phi) is 5.55. The quantitative estimate of drug-likeness (QED) is 0.517. The first-order valence-electron chi connectivity index (χ1n) is 8.25. The van der Waals surface area contributed by atoms with Crippen molar-refractivity contribution in [3.8, 4) is 0 Å². The Morgan fingerprint density at radius 1 is 1.12 bits per heavy atom. The molecule has 0 amide bonds. The molecule has 1 aliphatic rings. The Labute approximate surface area is 156 Å². The number of nitrogens with zero attached hydrogens (tertiary/aromatic N) is 1. The molecule has 1 aromatic rings. The van der Waals surface area contributed by atoms with Crippen molar-refractivity contribution >= 4 is 23.6 Å². The number of Topliss-reactive ketones (excluding diaryl/α,β-unsaturated/α-hetero) is 1. The van der Waals surface area contributed by atoms with Crippen molar-refractivity contribution in [2.24, 2.45) is 5.41 Å². The average Bonchev–Trinajstić information content (AvgIpc) is 2.74. The van der Waals surface area contributed by atoms with E-state index in [1.165, 1.54) is 0 Å². The molecule has 1 aromatic carbocycles. The summed E-state index contributed by atoms with van der Waals surface area (Å²) < 4.78 is 48.6. The molecule has 0 N–H and O–H groups in total. The molecule has 0 saturated carbocycles. The summed E-state index contributed by atoms with van der Waals surface area (Å²) >= 11 is 0.790. The van der Waals surface area contributed by atoms with Crippen molar-refractivity contribution in [3.05, 3.63) is 39.6 Å². The maximum absolute atomic E-state index is 13.8. The fourth-order valence-electron chi connectivity index (χ4n) is 3.29. The number of hydrogen-bond donors (Lipinski definition) is 0. The molecule has 0 fully saturated rings. The summed E-state index contributed by atoms with van der Waals surface area (Å²) in [5.41, 5.74) is 1.87. The van der Waals surface area contributed by atoms with Crippen LogP contribution in [0.4, 0.5) is 13.2 Å². The number of rotatable bonds is 4. The van der Waals surface area contributed by atoms with Gasteiger partial charge in [-0.1, -0.05) is 6.07 Å². The molecule has 0 spiro atoms. The van der Waals surface area contributed by atoms with E-state index in [2.05, 4.69) is 0 Å². The van der Waals surface area contributed by atoms with Gasteiger partial charge in [0.1, 0.15) is 23.4 Å². The molecule has 0 saturated heterocycles. The minimum Gasteiger partial charge on any atom is -0.412 e. The van der Waals surface area contributed by atoms with E-state index in [0.717, 1.165) is 41.4 Å². The molecule has 144 valence electrons. The number of benzene rings is 1. The number of allylic oxidation sites excluding steroid dienone is 2. The summed E-state index contributed by atoms with van der Waals surface area (Å²) in [6.45, 7) is 8.55. The Morgan fingerprint density at radius 2 is 1.69 bits per heavy atom. The van der Waals surface area contributed by atoms with Crippen LogP contribution in [0.2, 0.25) is 0 Å². The van der Waals surface area contributed by atoms with Crippen LogP contribution in [-0.4, -0.2) is 30.4 Å². The highest BCUT2D eigenvalue weighted by Crippen LogP contribution is 2.56. The molecular formula is C19H24F3NO2S. The van der Waals surface area contributed by atoms with Gasteiger partial charge >= 0.3 is 6.18 Å². The number of halogens is 3. The number of alkyl halides is 3. The zero-order valence-corrected chi connectivity index (χ0v) is 16.9. The Hall–Kier alpha value is -1.47. The first-order valence-corrected chi connectivity index (χ1v) is 8.95. The maximum atomic E-state index is 13.8. The molecular weight excluding hydrogens is 363 g/mol. The molecule has 0 aliphatic heterocycles. The van der Waals surface area contributed by atoms with Crippen molar-refractivity contribution < 1.29 is 22.1 Å². The van der Waals surface area contributed by atoms with Gasteiger partial charge in [-0.3, -0.25) is 4.79 Å². The van der Waals surface area contributed by atoms with Crippen LogP contribution >= 0.6 is 12.2 Å². The van der Waals surface area contributed by atoms with Crippen LogP contribution in [0, 0.1) is 33.1 Å². The minimum absolute atomic E-state index is 0.0530. The minimum atomic E-state index is -4.59. The molecule has 1 aliphatic carbocycles. The monoisotopic (exact) mass is 387 g/mol. The van der Waals surface area contributed by atoms with E-state index in [9.17, 15) is 18.0 Å². The molecule has 0 aromatic heterocycles. The van der Waals surface area contributed by atoms with Gasteiger partial charge in [0.15, 0.2) is 5.78 Å². The summed E-state index contributed by atoms with van der Waals surface area (Å²) in [7, 11) is 3.33. The molecule has 0 radical (unpaired) electrons.